The van der Waals surface area contributed by atoms with E-state index in [1.54, 1.807) is 0 Å². The summed E-state index contributed by atoms with van der Waals surface area (Å²) in [6.45, 7) is 36.3. The maximum Gasteiger partial charge on any atom is 0.166 e. The molecule has 8 nitrogen and oxygen atoms in total. The predicted molar refractivity (Wildman–Crippen MR) is 377 cm³/mol. The van der Waals surface area contributed by atoms with E-state index in [2.05, 4.69) is 206 Å². The van der Waals surface area contributed by atoms with Crippen molar-refractivity contribution >= 4 is 34.1 Å². The van der Waals surface area contributed by atoms with Gasteiger partial charge in [0.25, 0.3) is 0 Å². The van der Waals surface area contributed by atoms with Crippen LogP contribution >= 0.6 is 0 Å². The molecule has 92 heavy (non-hydrogen) atoms. The highest BCUT2D eigenvalue weighted by atomic mass is 15.2. The summed E-state index contributed by atoms with van der Waals surface area (Å²) >= 11 is 0. The van der Waals surface area contributed by atoms with Crippen LogP contribution < -0.4 is 9.80 Å². The number of hydrogen-bond donors (Lipinski definition) is 0. The standard InChI is InChI=1S/C84H74N8/c1-44-48(5)56(13)78-72(52(44)9)39-73-53(10)45(2)49(6)57(14)79(73)91(78)76-37-67(64-25-18-22-61(34-64)42-86)29-31-70(76)83-88-82(69-28-20-27-66(36-69)63-24-17-21-60(33-63)41-85)89-84(90-83)71-32-30-68(65-26-19-23-62(35-65)43-87)38-77(71)92-80-58(15)50(7)46(3)54(11)74(80)40-75-55(12)47(4)51(8)59(16)81(75)92/h17-38H,39-40H2,1-16H3. The van der Waals surface area contributed by atoms with Gasteiger partial charge in [-0.25, -0.2) is 15.0 Å². The molecule has 0 saturated heterocycles. The summed E-state index contributed by atoms with van der Waals surface area (Å²) in [6.07, 6.45) is 1.57. The van der Waals surface area contributed by atoms with E-state index in [0.717, 1.165) is 97.0 Å². The van der Waals surface area contributed by atoms with E-state index in [9.17, 15) is 15.8 Å². The van der Waals surface area contributed by atoms with Gasteiger partial charge in [0.15, 0.2) is 17.5 Å². The Morgan fingerprint density at radius 2 is 0.533 bits per heavy atom. The molecule has 0 fully saturated rings. The minimum Gasteiger partial charge on any atom is -0.309 e. The summed E-state index contributed by atoms with van der Waals surface area (Å²) in [7, 11) is 0. The molecule has 2 aliphatic heterocycles. The van der Waals surface area contributed by atoms with Crippen LogP contribution in [0.5, 0.6) is 0 Å². The quantitative estimate of drug-likeness (QED) is 0.148. The summed E-state index contributed by atoms with van der Waals surface area (Å²) in [6, 6.07) is 52.1. The van der Waals surface area contributed by atoms with Crippen LogP contribution in [0, 0.1) is 145 Å². The Morgan fingerprint density at radius 3 is 0.848 bits per heavy atom. The van der Waals surface area contributed by atoms with Crippen molar-refractivity contribution < 1.29 is 0 Å². The van der Waals surface area contributed by atoms with Gasteiger partial charge >= 0.3 is 0 Å². The smallest absolute Gasteiger partial charge is 0.166 e. The van der Waals surface area contributed by atoms with Crippen molar-refractivity contribution in [3.63, 3.8) is 0 Å². The summed E-state index contributed by atoms with van der Waals surface area (Å²) in [4.78, 5) is 22.4. The number of aromatic nitrogens is 3. The van der Waals surface area contributed by atoms with Gasteiger partial charge in [0, 0.05) is 29.5 Å². The Kier molecular flexibility index (Phi) is 15.0. The first-order chi connectivity index (χ1) is 44.1. The van der Waals surface area contributed by atoms with Crippen LogP contribution in [0.2, 0.25) is 0 Å². The Labute approximate surface area is 542 Å². The highest BCUT2D eigenvalue weighted by molar-refractivity contribution is 5.99. The molecule has 1 aromatic heterocycles. The zero-order valence-corrected chi connectivity index (χ0v) is 55.7. The normalized spacial score (nSPS) is 12.2. The average Bonchev–Trinajstić information content (AvgIpc) is 0.721. The number of nitriles is 3. The molecule has 2 aliphatic rings. The van der Waals surface area contributed by atoms with E-state index in [0.29, 0.717) is 34.2 Å². The second kappa shape index (κ2) is 22.9. The molecule has 0 spiro atoms. The zero-order chi connectivity index (χ0) is 65.0. The van der Waals surface area contributed by atoms with E-state index in [1.165, 1.54) is 111 Å². The summed E-state index contributed by atoms with van der Waals surface area (Å²) in [5, 5.41) is 30.7. The fourth-order valence-electron chi connectivity index (χ4n) is 14.7. The maximum atomic E-state index is 10.3. The molecule has 3 heterocycles. The van der Waals surface area contributed by atoms with E-state index < -0.39 is 0 Å². The molecule has 0 bridgehead atoms. The maximum absolute atomic E-state index is 10.3. The van der Waals surface area contributed by atoms with Gasteiger partial charge in [0.1, 0.15) is 0 Å². The van der Waals surface area contributed by atoms with E-state index >= 15 is 0 Å². The average molecular weight is 1200 g/mol. The first-order valence-corrected chi connectivity index (χ1v) is 31.8. The minimum absolute atomic E-state index is 0.477. The molecule has 0 aliphatic carbocycles. The molecular weight excluding hydrogens is 1120 g/mol. The Balaban J connectivity index is 1.18. The molecule has 13 rings (SSSR count). The first-order valence-electron chi connectivity index (χ1n) is 31.8. The Bertz CT molecular complexity index is 4760. The van der Waals surface area contributed by atoms with Crippen molar-refractivity contribution in [3.05, 3.63) is 261 Å². The third-order valence-corrected chi connectivity index (χ3v) is 21.4. The number of anilines is 6. The number of hydrogen-bond acceptors (Lipinski definition) is 8. The second-order valence-electron chi connectivity index (χ2n) is 25.8. The van der Waals surface area contributed by atoms with Crippen molar-refractivity contribution in [2.24, 2.45) is 0 Å². The predicted octanol–water partition coefficient (Wildman–Crippen LogP) is 21.2. The monoisotopic (exact) mass is 1190 g/mol. The molecular formula is C84H74N8. The van der Waals surface area contributed by atoms with Gasteiger partial charge in [-0.2, -0.15) is 15.8 Å². The van der Waals surface area contributed by atoms with Crippen LogP contribution in [0.25, 0.3) is 67.5 Å². The molecule has 0 atom stereocenters. The summed E-state index contributed by atoms with van der Waals surface area (Å²) in [5.74, 6) is 1.43. The molecule has 450 valence electrons. The molecule has 10 aromatic carbocycles. The fraction of sp³-hybridized carbons (Fsp3) is 0.214. The lowest BCUT2D eigenvalue weighted by Crippen LogP contribution is -2.25. The lowest BCUT2D eigenvalue weighted by Gasteiger charge is -2.40. The van der Waals surface area contributed by atoms with Crippen LogP contribution in [0.3, 0.4) is 0 Å². The highest BCUT2D eigenvalue weighted by Crippen LogP contribution is 2.56. The van der Waals surface area contributed by atoms with Crippen LogP contribution in [-0.4, -0.2) is 15.0 Å². The van der Waals surface area contributed by atoms with E-state index in [-0.39, 0.29) is 0 Å². The molecule has 0 saturated carbocycles. The first kappa shape index (κ1) is 60.2. The van der Waals surface area contributed by atoms with Gasteiger partial charge in [-0.3, -0.25) is 0 Å². The summed E-state index contributed by atoms with van der Waals surface area (Å²) in [5.41, 5.74) is 41.4. The molecule has 8 heteroatoms. The summed E-state index contributed by atoms with van der Waals surface area (Å²) < 4.78 is 0. The number of benzene rings is 10. The number of rotatable bonds is 8. The molecule has 0 unspecified atom stereocenters. The van der Waals surface area contributed by atoms with Gasteiger partial charge < -0.3 is 9.80 Å². The lowest BCUT2D eigenvalue weighted by molar-refractivity contribution is 0.992. The zero-order valence-electron chi connectivity index (χ0n) is 55.7. The molecule has 0 amide bonds. The van der Waals surface area contributed by atoms with Crippen molar-refractivity contribution in [1.29, 1.82) is 15.8 Å². The topological polar surface area (TPSA) is 117 Å². The van der Waals surface area contributed by atoms with Gasteiger partial charge in [-0.1, -0.05) is 66.7 Å². The third-order valence-electron chi connectivity index (χ3n) is 21.4. The van der Waals surface area contributed by atoms with Crippen LogP contribution in [0.4, 0.5) is 34.1 Å². The van der Waals surface area contributed by atoms with E-state index in [1.807, 2.05) is 66.7 Å². The molecule has 11 aromatic rings. The van der Waals surface area contributed by atoms with Crippen LogP contribution in [0.1, 0.15) is 128 Å². The van der Waals surface area contributed by atoms with Crippen LogP contribution in [0.15, 0.2) is 133 Å². The second-order valence-corrected chi connectivity index (χ2v) is 25.8. The molecule has 0 N–H and O–H groups in total. The van der Waals surface area contributed by atoms with Crippen LogP contribution in [-0.2, 0) is 12.8 Å². The van der Waals surface area contributed by atoms with Crippen molar-refractivity contribution in [3.8, 4) is 85.8 Å². The third kappa shape index (κ3) is 9.57. The Morgan fingerprint density at radius 1 is 0.272 bits per heavy atom. The SMILES string of the molecule is Cc1c(C)c(C)c2c(c1C)Cc1c(C)c(C)c(C)c(C)c1N2c1cc(-c2cccc(C#N)c2)ccc1-c1nc(-c2cccc(-c3cccc(C#N)c3)c2)nc(-c2ccc(-c3cccc(C#N)c3)cc2N2c3c(C)c(C)c(C)c(C)c3Cc3c(C)c(C)c(C)c(C)c32)n1. The lowest BCUT2D eigenvalue weighted by atomic mass is 9.80. The van der Waals surface area contributed by atoms with Gasteiger partial charge in [-0.15, -0.1) is 0 Å². The van der Waals surface area contributed by atoms with Gasteiger partial charge in [0.05, 0.1) is 69.0 Å². The largest absolute Gasteiger partial charge is 0.309 e. The number of fused-ring (bicyclic) bond motifs is 4. The Hall–Kier alpha value is -10.7. The van der Waals surface area contributed by atoms with Gasteiger partial charge in [0.2, 0.25) is 0 Å². The highest BCUT2D eigenvalue weighted by Gasteiger charge is 2.37. The van der Waals surface area contributed by atoms with Crippen molar-refractivity contribution in [2.75, 3.05) is 9.80 Å². The molecule has 0 radical (unpaired) electrons. The minimum atomic E-state index is 0.477. The van der Waals surface area contributed by atoms with E-state index in [4.69, 9.17) is 15.0 Å². The van der Waals surface area contributed by atoms with Crippen molar-refractivity contribution in [2.45, 2.75) is 124 Å². The number of nitrogens with zero attached hydrogens (tertiary/aromatic N) is 8. The van der Waals surface area contributed by atoms with Gasteiger partial charge in [-0.05, 0) is 322 Å². The van der Waals surface area contributed by atoms with Crippen molar-refractivity contribution in [1.82, 2.24) is 15.0 Å². The fourth-order valence-corrected chi connectivity index (χ4v) is 14.7.